The lowest BCUT2D eigenvalue weighted by molar-refractivity contribution is 0.0933. The largest absolute Gasteiger partial charge is 0.466 e. The van der Waals surface area contributed by atoms with Gasteiger partial charge in [-0.05, 0) is 31.9 Å². The number of benzene rings is 1. The molecule has 106 valence electrons. The maximum atomic E-state index is 12.4. The first kappa shape index (κ1) is 14.4. The summed E-state index contributed by atoms with van der Waals surface area (Å²) in [5.41, 5.74) is 1.76. The first-order chi connectivity index (χ1) is 9.61. The van der Waals surface area contributed by atoms with Crippen LogP contribution in [-0.2, 0) is 0 Å². The standard InChI is InChI=1S/C17H21NO2/c1-4-8-16(14-9-6-5-7-10-14)18-17(19)15-11-12(2)20-13(15)3/h5-7,9-11,16H,4,8H2,1-3H3,(H,18,19). The van der Waals surface area contributed by atoms with Crippen LogP contribution in [0.25, 0.3) is 0 Å². The van der Waals surface area contributed by atoms with Crippen molar-refractivity contribution < 1.29 is 9.21 Å². The molecule has 1 heterocycles. The van der Waals surface area contributed by atoms with Gasteiger partial charge in [-0.15, -0.1) is 0 Å². The summed E-state index contributed by atoms with van der Waals surface area (Å²) in [6.07, 6.45) is 1.94. The van der Waals surface area contributed by atoms with Gasteiger partial charge in [0.15, 0.2) is 0 Å². The normalized spacial score (nSPS) is 12.2. The SMILES string of the molecule is CCCC(NC(=O)c1cc(C)oc1C)c1ccccc1. The first-order valence-corrected chi connectivity index (χ1v) is 7.04. The van der Waals surface area contributed by atoms with Gasteiger partial charge >= 0.3 is 0 Å². The highest BCUT2D eigenvalue weighted by Gasteiger charge is 2.18. The molecule has 0 saturated heterocycles. The number of aryl methyl sites for hydroxylation is 2. The molecule has 1 unspecified atom stereocenters. The predicted octanol–water partition coefficient (Wildman–Crippen LogP) is 4.17. The van der Waals surface area contributed by atoms with Gasteiger partial charge in [0.05, 0.1) is 11.6 Å². The molecular formula is C17H21NO2. The molecule has 1 aromatic carbocycles. The molecule has 1 amide bonds. The zero-order chi connectivity index (χ0) is 14.5. The fourth-order valence-electron chi connectivity index (χ4n) is 2.39. The van der Waals surface area contributed by atoms with E-state index in [0.29, 0.717) is 11.3 Å². The van der Waals surface area contributed by atoms with Crippen molar-refractivity contribution in [3.63, 3.8) is 0 Å². The Morgan fingerprint density at radius 1 is 1.25 bits per heavy atom. The lowest BCUT2D eigenvalue weighted by Gasteiger charge is -2.18. The van der Waals surface area contributed by atoms with E-state index in [0.717, 1.165) is 24.2 Å². The van der Waals surface area contributed by atoms with Gasteiger partial charge in [-0.3, -0.25) is 4.79 Å². The van der Waals surface area contributed by atoms with Gasteiger partial charge in [-0.1, -0.05) is 43.7 Å². The van der Waals surface area contributed by atoms with Gasteiger partial charge in [0.25, 0.3) is 5.91 Å². The summed E-state index contributed by atoms with van der Waals surface area (Å²) in [5, 5.41) is 3.11. The van der Waals surface area contributed by atoms with Crippen molar-refractivity contribution in [3.8, 4) is 0 Å². The van der Waals surface area contributed by atoms with Crippen molar-refractivity contribution in [2.45, 2.75) is 39.7 Å². The van der Waals surface area contributed by atoms with Gasteiger partial charge in [0, 0.05) is 0 Å². The van der Waals surface area contributed by atoms with Crippen LogP contribution in [-0.4, -0.2) is 5.91 Å². The third-order valence-electron chi connectivity index (χ3n) is 3.37. The molecule has 1 aromatic heterocycles. The number of carbonyl (C=O) groups is 1. The van der Waals surface area contributed by atoms with Gasteiger partial charge in [0.2, 0.25) is 0 Å². The molecule has 2 rings (SSSR count). The first-order valence-electron chi connectivity index (χ1n) is 7.04. The van der Waals surface area contributed by atoms with E-state index >= 15 is 0 Å². The maximum Gasteiger partial charge on any atom is 0.255 e. The van der Waals surface area contributed by atoms with E-state index in [4.69, 9.17) is 4.42 Å². The zero-order valence-corrected chi connectivity index (χ0v) is 12.3. The molecule has 1 atom stereocenters. The van der Waals surface area contributed by atoms with Crippen molar-refractivity contribution in [3.05, 3.63) is 59.0 Å². The zero-order valence-electron chi connectivity index (χ0n) is 12.3. The van der Waals surface area contributed by atoms with Crippen LogP contribution in [0.3, 0.4) is 0 Å². The molecule has 20 heavy (non-hydrogen) atoms. The Morgan fingerprint density at radius 3 is 2.50 bits per heavy atom. The molecule has 0 fully saturated rings. The lowest BCUT2D eigenvalue weighted by atomic mass is 10.0. The number of rotatable bonds is 5. The summed E-state index contributed by atoms with van der Waals surface area (Å²) in [6.45, 7) is 5.79. The van der Waals surface area contributed by atoms with E-state index in [1.54, 1.807) is 6.07 Å². The van der Waals surface area contributed by atoms with Crippen LogP contribution in [0.1, 0.15) is 53.2 Å². The second kappa shape index (κ2) is 6.42. The average Bonchev–Trinajstić information content (AvgIpc) is 2.78. The number of hydrogen-bond donors (Lipinski definition) is 1. The highest BCUT2D eigenvalue weighted by Crippen LogP contribution is 2.20. The van der Waals surface area contributed by atoms with Crippen molar-refractivity contribution >= 4 is 5.91 Å². The average molecular weight is 271 g/mol. The molecule has 0 aliphatic heterocycles. The minimum atomic E-state index is -0.0679. The van der Waals surface area contributed by atoms with Gasteiger partial charge in [-0.2, -0.15) is 0 Å². The van der Waals surface area contributed by atoms with E-state index in [2.05, 4.69) is 12.2 Å². The van der Waals surface area contributed by atoms with E-state index in [-0.39, 0.29) is 11.9 Å². The van der Waals surface area contributed by atoms with Crippen LogP contribution in [0.5, 0.6) is 0 Å². The Morgan fingerprint density at radius 2 is 1.95 bits per heavy atom. The van der Waals surface area contributed by atoms with Crippen molar-refractivity contribution in [2.75, 3.05) is 0 Å². The van der Waals surface area contributed by atoms with Gasteiger partial charge < -0.3 is 9.73 Å². The molecular weight excluding hydrogens is 250 g/mol. The van der Waals surface area contributed by atoms with Crippen molar-refractivity contribution in [2.24, 2.45) is 0 Å². The van der Waals surface area contributed by atoms with Gasteiger partial charge in [-0.25, -0.2) is 0 Å². The summed E-state index contributed by atoms with van der Waals surface area (Å²) < 4.78 is 5.42. The Balaban J connectivity index is 2.16. The summed E-state index contributed by atoms with van der Waals surface area (Å²) >= 11 is 0. The highest BCUT2D eigenvalue weighted by atomic mass is 16.3. The smallest absolute Gasteiger partial charge is 0.255 e. The summed E-state index contributed by atoms with van der Waals surface area (Å²) in [5.74, 6) is 1.37. The monoisotopic (exact) mass is 271 g/mol. The number of amides is 1. The molecule has 3 heteroatoms. The van der Waals surface area contributed by atoms with Crippen LogP contribution in [0.2, 0.25) is 0 Å². The summed E-state index contributed by atoms with van der Waals surface area (Å²) in [4.78, 5) is 12.4. The molecule has 3 nitrogen and oxygen atoms in total. The third kappa shape index (κ3) is 3.29. The third-order valence-corrected chi connectivity index (χ3v) is 3.37. The van der Waals surface area contributed by atoms with E-state index in [9.17, 15) is 4.79 Å². The molecule has 0 bridgehead atoms. The summed E-state index contributed by atoms with van der Waals surface area (Å²) in [7, 11) is 0. The fourth-order valence-corrected chi connectivity index (χ4v) is 2.39. The van der Waals surface area contributed by atoms with Crippen LogP contribution in [0, 0.1) is 13.8 Å². The Kier molecular flexibility index (Phi) is 4.61. The van der Waals surface area contributed by atoms with Crippen LogP contribution < -0.4 is 5.32 Å². The van der Waals surface area contributed by atoms with Crippen LogP contribution >= 0.6 is 0 Å². The highest BCUT2D eigenvalue weighted by molar-refractivity contribution is 5.95. The molecule has 1 N–H and O–H groups in total. The van der Waals surface area contributed by atoms with Gasteiger partial charge in [0.1, 0.15) is 11.5 Å². The number of carbonyl (C=O) groups excluding carboxylic acids is 1. The Bertz CT molecular complexity index is 572. The second-order valence-corrected chi connectivity index (χ2v) is 5.05. The molecule has 0 saturated carbocycles. The molecule has 0 aliphatic rings. The van der Waals surface area contributed by atoms with Crippen LogP contribution in [0.4, 0.5) is 0 Å². The number of furan rings is 1. The quantitative estimate of drug-likeness (QED) is 0.887. The topological polar surface area (TPSA) is 42.2 Å². The maximum absolute atomic E-state index is 12.4. The van der Waals surface area contributed by atoms with Crippen molar-refractivity contribution in [1.82, 2.24) is 5.32 Å². The Labute approximate surface area is 120 Å². The molecule has 0 aliphatic carbocycles. The van der Waals surface area contributed by atoms with E-state index in [1.807, 2.05) is 44.2 Å². The number of hydrogen-bond acceptors (Lipinski definition) is 2. The summed E-state index contributed by atoms with van der Waals surface area (Å²) in [6, 6.07) is 11.9. The molecule has 2 aromatic rings. The molecule has 0 spiro atoms. The second-order valence-electron chi connectivity index (χ2n) is 5.05. The van der Waals surface area contributed by atoms with Crippen LogP contribution in [0.15, 0.2) is 40.8 Å². The predicted molar refractivity (Wildman–Crippen MR) is 79.7 cm³/mol. The minimum Gasteiger partial charge on any atom is -0.466 e. The lowest BCUT2D eigenvalue weighted by Crippen LogP contribution is -2.28. The number of nitrogens with one attached hydrogen (secondary N) is 1. The van der Waals surface area contributed by atoms with Crippen molar-refractivity contribution in [1.29, 1.82) is 0 Å². The van der Waals surface area contributed by atoms with E-state index < -0.39 is 0 Å². The molecule has 0 radical (unpaired) electrons. The fraction of sp³-hybridized carbons (Fsp3) is 0.353. The Hall–Kier alpha value is -2.03. The van der Waals surface area contributed by atoms with E-state index in [1.165, 1.54) is 0 Å². The minimum absolute atomic E-state index is 0.0447.